The van der Waals surface area contributed by atoms with Crippen molar-refractivity contribution in [3.63, 3.8) is 0 Å². The smallest absolute Gasteiger partial charge is 0.306 e. The Hall–Kier alpha value is -3.38. The first-order valence-electron chi connectivity index (χ1n) is 7.77. The highest BCUT2D eigenvalue weighted by Gasteiger charge is 2.14. The molecule has 2 amide bonds. The molecular weight excluding hydrogens is 338 g/mol. The van der Waals surface area contributed by atoms with Crippen molar-refractivity contribution in [2.24, 2.45) is 16.7 Å². The molecule has 1 atom stereocenters. The fourth-order valence-electron chi connectivity index (χ4n) is 1.95. The second-order valence-electron chi connectivity index (χ2n) is 5.19. The van der Waals surface area contributed by atoms with Crippen LogP contribution in [0.2, 0.25) is 0 Å². The molecule has 7 N–H and O–H groups in total. The molecule has 0 spiro atoms. The van der Waals surface area contributed by atoms with Gasteiger partial charge in [0.15, 0.2) is 0 Å². The van der Waals surface area contributed by atoms with Crippen molar-refractivity contribution < 1.29 is 19.5 Å². The van der Waals surface area contributed by atoms with E-state index >= 15 is 0 Å². The first-order chi connectivity index (χ1) is 12.4. The minimum atomic E-state index is -1.09. The van der Waals surface area contributed by atoms with Gasteiger partial charge in [-0.1, -0.05) is 24.0 Å². The molecule has 1 aromatic rings. The zero-order valence-electron chi connectivity index (χ0n) is 14.1. The van der Waals surface area contributed by atoms with Crippen LogP contribution < -0.4 is 22.2 Å². The summed E-state index contributed by atoms with van der Waals surface area (Å²) in [7, 11) is 0. The number of anilines is 1. The Bertz CT molecular complexity index is 719. The Labute approximate surface area is 150 Å². The predicted molar refractivity (Wildman–Crippen MR) is 97.1 cm³/mol. The predicted octanol–water partition coefficient (Wildman–Crippen LogP) is -0.380. The summed E-state index contributed by atoms with van der Waals surface area (Å²) in [6, 6.07) is 5.97. The molecule has 0 radical (unpaired) electrons. The van der Waals surface area contributed by atoms with E-state index in [2.05, 4.69) is 27.6 Å². The number of carbonyl (C=O) groups is 3. The maximum absolute atomic E-state index is 11.9. The van der Waals surface area contributed by atoms with Gasteiger partial charge in [0, 0.05) is 18.5 Å². The summed E-state index contributed by atoms with van der Waals surface area (Å²) in [6.07, 6.45) is 0.979. The van der Waals surface area contributed by atoms with Gasteiger partial charge in [0.1, 0.15) is 6.04 Å². The first-order valence-corrected chi connectivity index (χ1v) is 7.77. The number of nitrogens with zero attached hydrogens (tertiary/aromatic N) is 1. The molecule has 138 valence electrons. The number of carboxylic acid groups (broad SMARTS) is 1. The van der Waals surface area contributed by atoms with Gasteiger partial charge in [0.05, 0.1) is 19.2 Å². The van der Waals surface area contributed by atoms with E-state index in [-0.39, 0.29) is 31.7 Å². The molecule has 0 fully saturated rings. The lowest BCUT2D eigenvalue weighted by Gasteiger charge is -2.11. The Kier molecular flexibility index (Phi) is 8.92. The number of hydrazone groups is 1. The highest BCUT2D eigenvalue weighted by Crippen LogP contribution is 2.09. The van der Waals surface area contributed by atoms with Gasteiger partial charge < -0.3 is 27.3 Å². The van der Waals surface area contributed by atoms with Gasteiger partial charge in [-0.2, -0.15) is 5.10 Å². The number of hydrogen-bond acceptors (Lipinski definition) is 6. The van der Waals surface area contributed by atoms with Gasteiger partial charge in [-0.05, 0) is 17.7 Å². The lowest BCUT2D eigenvalue weighted by molar-refractivity contribution is -0.137. The van der Waals surface area contributed by atoms with Crippen LogP contribution in [0.15, 0.2) is 29.4 Å². The number of nitrogens with one attached hydrogen (secondary N) is 2. The van der Waals surface area contributed by atoms with Crippen molar-refractivity contribution in [2.45, 2.75) is 25.3 Å². The molecule has 1 unspecified atom stereocenters. The van der Waals surface area contributed by atoms with Crippen LogP contribution in [0.1, 0.15) is 24.8 Å². The van der Waals surface area contributed by atoms with Crippen molar-refractivity contribution in [1.82, 2.24) is 5.32 Å². The summed E-state index contributed by atoms with van der Waals surface area (Å²) in [6.45, 7) is 0.0598. The molecule has 0 aliphatic heterocycles. The van der Waals surface area contributed by atoms with Crippen LogP contribution in [0.5, 0.6) is 0 Å². The molecular formula is C17H21N5O4. The monoisotopic (exact) mass is 359 g/mol. The van der Waals surface area contributed by atoms with E-state index in [1.165, 1.54) is 6.21 Å². The number of amides is 2. The summed E-state index contributed by atoms with van der Waals surface area (Å²) in [5, 5.41) is 17.3. The first kappa shape index (κ1) is 20.7. The van der Waals surface area contributed by atoms with E-state index in [0.29, 0.717) is 5.69 Å². The van der Waals surface area contributed by atoms with Crippen LogP contribution in [0, 0.1) is 11.8 Å². The summed E-state index contributed by atoms with van der Waals surface area (Å²) >= 11 is 0. The maximum atomic E-state index is 11.9. The van der Waals surface area contributed by atoms with Gasteiger partial charge in [-0.3, -0.25) is 14.4 Å². The zero-order valence-corrected chi connectivity index (χ0v) is 14.1. The third kappa shape index (κ3) is 8.47. The fraction of sp³-hybridized carbons (Fsp3) is 0.294. The second-order valence-corrected chi connectivity index (χ2v) is 5.19. The molecule has 9 nitrogen and oxygen atoms in total. The third-order valence-corrected chi connectivity index (χ3v) is 3.09. The molecule has 1 aromatic carbocycles. The molecule has 0 saturated carbocycles. The number of benzene rings is 1. The largest absolute Gasteiger partial charge is 0.481 e. The average molecular weight is 359 g/mol. The number of rotatable bonds is 8. The molecule has 0 bridgehead atoms. The topological polar surface area (TPSA) is 160 Å². The number of hydrogen-bond donors (Lipinski definition) is 5. The minimum absolute atomic E-state index is 0.0536. The average Bonchev–Trinajstić information content (AvgIpc) is 2.59. The highest BCUT2D eigenvalue weighted by molar-refractivity contribution is 5.93. The van der Waals surface area contributed by atoms with E-state index in [9.17, 15) is 14.4 Å². The van der Waals surface area contributed by atoms with E-state index in [0.717, 1.165) is 5.56 Å². The molecule has 0 heterocycles. The summed E-state index contributed by atoms with van der Waals surface area (Å²) < 4.78 is 0. The van der Waals surface area contributed by atoms with Crippen LogP contribution in [0.3, 0.4) is 0 Å². The van der Waals surface area contributed by atoms with Crippen LogP contribution in [-0.4, -0.2) is 41.7 Å². The SMILES string of the molecule is NCC#CC(CC(=O)O)NC(=O)CCC(=O)Nc1ccc(C=NN)cc1. The van der Waals surface area contributed by atoms with Crippen LogP contribution >= 0.6 is 0 Å². The van der Waals surface area contributed by atoms with Gasteiger partial charge in [0.25, 0.3) is 0 Å². The van der Waals surface area contributed by atoms with E-state index in [1.807, 2.05) is 0 Å². The van der Waals surface area contributed by atoms with Gasteiger partial charge in [-0.15, -0.1) is 0 Å². The number of nitrogens with two attached hydrogens (primary N) is 2. The summed E-state index contributed by atoms with van der Waals surface area (Å²) in [5.74, 6) is 8.24. The van der Waals surface area contributed by atoms with Gasteiger partial charge in [-0.25, -0.2) is 0 Å². The summed E-state index contributed by atoms with van der Waals surface area (Å²) in [4.78, 5) is 34.5. The van der Waals surface area contributed by atoms with Crippen molar-refractivity contribution in [2.75, 3.05) is 11.9 Å². The number of aliphatic carboxylic acids is 1. The molecule has 0 saturated heterocycles. The minimum Gasteiger partial charge on any atom is -0.481 e. The molecule has 1 rings (SSSR count). The van der Waals surface area contributed by atoms with Crippen LogP contribution in [0.25, 0.3) is 0 Å². The Balaban J connectivity index is 2.47. The highest BCUT2D eigenvalue weighted by atomic mass is 16.4. The number of carbonyl (C=O) groups excluding carboxylic acids is 2. The van der Waals surface area contributed by atoms with Gasteiger partial charge >= 0.3 is 5.97 Å². The van der Waals surface area contributed by atoms with Gasteiger partial charge in [0.2, 0.25) is 11.8 Å². The normalized spacial score (nSPS) is 11.3. The van der Waals surface area contributed by atoms with Crippen molar-refractivity contribution >= 4 is 29.7 Å². The van der Waals surface area contributed by atoms with E-state index < -0.39 is 17.9 Å². The van der Waals surface area contributed by atoms with Crippen molar-refractivity contribution in [3.8, 4) is 11.8 Å². The molecule has 0 aliphatic rings. The standard InChI is InChI=1S/C17H21N5O4/c18-9-1-2-14(10-17(25)26)22-16(24)8-7-15(23)21-13-5-3-12(4-6-13)11-20-19/h3-6,11,14H,7-10,18-19H2,(H,21,23)(H,22,24)(H,25,26). The lowest BCUT2D eigenvalue weighted by atomic mass is 10.2. The molecule has 9 heteroatoms. The zero-order chi connectivity index (χ0) is 19.4. The number of carboxylic acids is 1. The van der Waals surface area contributed by atoms with Crippen molar-refractivity contribution in [1.29, 1.82) is 0 Å². The van der Waals surface area contributed by atoms with Crippen molar-refractivity contribution in [3.05, 3.63) is 29.8 Å². The van der Waals surface area contributed by atoms with E-state index in [1.54, 1.807) is 24.3 Å². The van der Waals surface area contributed by atoms with Crippen LogP contribution in [-0.2, 0) is 14.4 Å². The molecule has 0 aliphatic carbocycles. The quantitative estimate of drug-likeness (QED) is 0.184. The maximum Gasteiger partial charge on any atom is 0.306 e. The molecule has 26 heavy (non-hydrogen) atoms. The Morgan fingerprint density at radius 2 is 1.85 bits per heavy atom. The lowest BCUT2D eigenvalue weighted by Crippen LogP contribution is -2.36. The fourth-order valence-corrected chi connectivity index (χ4v) is 1.95. The second kappa shape index (κ2) is 11.2. The third-order valence-electron chi connectivity index (χ3n) is 3.09. The Morgan fingerprint density at radius 1 is 1.19 bits per heavy atom. The Morgan fingerprint density at radius 3 is 2.42 bits per heavy atom. The van der Waals surface area contributed by atoms with E-state index in [4.69, 9.17) is 16.7 Å². The summed E-state index contributed by atoms with van der Waals surface area (Å²) in [5.41, 5.74) is 6.59. The molecule has 0 aromatic heterocycles. The van der Waals surface area contributed by atoms with Crippen LogP contribution in [0.4, 0.5) is 5.69 Å².